The Morgan fingerprint density at radius 3 is 1.52 bits per heavy atom. The van der Waals surface area contributed by atoms with Crippen molar-refractivity contribution in [3.63, 3.8) is 0 Å². The molecule has 0 N–H and O–H groups in total. The number of aryl methyl sites for hydroxylation is 1. The van der Waals surface area contributed by atoms with E-state index in [1.165, 1.54) is 38.7 Å². The van der Waals surface area contributed by atoms with Gasteiger partial charge in [-0.2, -0.15) is 0 Å². The highest BCUT2D eigenvalue weighted by atomic mass is 15.2. The largest absolute Gasteiger partial charge is 0.311 e. The molecule has 0 saturated carbocycles. The van der Waals surface area contributed by atoms with Crippen LogP contribution in [0.25, 0.3) is 22.3 Å². The number of anilines is 6. The third-order valence-corrected chi connectivity index (χ3v) is 14.5. The molecule has 7 aromatic rings. The van der Waals surface area contributed by atoms with Gasteiger partial charge in [0.1, 0.15) is 0 Å². The van der Waals surface area contributed by atoms with E-state index in [1.54, 1.807) is 0 Å². The van der Waals surface area contributed by atoms with E-state index in [-0.39, 0.29) is 28.4 Å². The van der Waals surface area contributed by atoms with Gasteiger partial charge in [-0.3, -0.25) is 0 Å². The lowest BCUT2D eigenvalue weighted by Gasteiger charge is -2.45. The first-order valence-corrected chi connectivity index (χ1v) is 21.8. The van der Waals surface area contributed by atoms with E-state index in [0.717, 1.165) is 69.1 Å². The maximum Gasteiger partial charge on any atom is 0.252 e. The van der Waals surface area contributed by atoms with Crippen LogP contribution in [0.4, 0.5) is 34.1 Å². The van der Waals surface area contributed by atoms with Gasteiger partial charge in [-0.25, -0.2) is 0 Å². The normalized spacial score (nSPS) is 19.0. The molecule has 2 heterocycles. The smallest absolute Gasteiger partial charge is 0.252 e. The molecule has 0 spiro atoms. The number of rotatable bonds is 4. The third-order valence-electron chi connectivity index (χ3n) is 14.5. The number of fused-ring (bicyclic) bond motifs is 6. The number of hydrogen-bond acceptors (Lipinski definition) is 2. The van der Waals surface area contributed by atoms with Gasteiger partial charge in [0.2, 0.25) is 0 Å². The average Bonchev–Trinajstić information content (AvgIpc) is 3.56. The molecule has 0 radical (unpaired) electrons. The van der Waals surface area contributed by atoms with Gasteiger partial charge in [-0.05, 0) is 156 Å². The highest BCUT2D eigenvalue weighted by molar-refractivity contribution is 7.00. The predicted octanol–water partition coefficient (Wildman–Crippen LogP) is 13.3. The average molecular weight is 782 g/mol. The quantitative estimate of drug-likeness (QED) is 0.164. The fourth-order valence-corrected chi connectivity index (χ4v) is 12.4. The van der Waals surface area contributed by atoms with Crippen molar-refractivity contribution in [3.8, 4) is 22.3 Å². The van der Waals surface area contributed by atoms with Crippen molar-refractivity contribution in [1.29, 1.82) is 0 Å². The van der Waals surface area contributed by atoms with Crippen LogP contribution < -0.4 is 26.2 Å². The van der Waals surface area contributed by atoms with Crippen LogP contribution in [0.1, 0.15) is 100 Å². The SMILES string of the molecule is [2H]C([2H])([2H])c1cc2c3c(c1)N(c1ccc4c(c1)C(C)(C)CC4(C)C)c1cc4c(cc1B3c1cc(-c3ccccc3)ccc1N2c1ccc(-c2ccccc2)cc1)C(C)(C)CC4(C)C. The summed E-state index contributed by atoms with van der Waals surface area (Å²) < 4.78 is 27.0. The third kappa shape index (κ3) is 5.47. The molecule has 3 heteroatoms. The van der Waals surface area contributed by atoms with Gasteiger partial charge in [-0.1, -0.05) is 152 Å². The Kier molecular flexibility index (Phi) is 7.14. The first-order valence-electron chi connectivity index (χ1n) is 23.3. The number of hydrogen-bond donors (Lipinski definition) is 0. The zero-order chi connectivity index (χ0) is 44.0. The molecule has 2 aliphatic carbocycles. The summed E-state index contributed by atoms with van der Waals surface area (Å²) in [5.74, 6) is 0. The van der Waals surface area contributed by atoms with Crippen molar-refractivity contribution < 1.29 is 4.11 Å². The lowest BCUT2D eigenvalue weighted by atomic mass is 9.33. The first-order chi connectivity index (χ1) is 29.8. The second-order valence-electron chi connectivity index (χ2n) is 20.7. The Balaban J connectivity index is 1.25. The van der Waals surface area contributed by atoms with E-state index in [9.17, 15) is 0 Å². The topological polar surface area (TPSA) is 6.48 Å². The molecule has 0 aromatic heterocycles. The van der Waals surface area contributed by atoms with Crippen molar-refractivity contribution >= 4 is 57.2 Å². The summed E-state index contributed by atoms with van der Waals surface area (Å²) in [6.07, 6.45) is 2.12. The van der Waals surface area contributed by atoms with Crippen molar-refractivity contribution in [1.82, 2.24) is 0 Å². The molecule has 296 valence electrons. The molecule has 0 bridgehead atoms. The van der Waals surface area contributed by atoms with Crippen LogP contribution in [-0.4, -0.2) is 6.71 Å². The monoisotopic (exact) mass is 781 g/mol. The molecule has 2 nitrogen and oxygen atoms in total. The Labute approximate surface area is 362 Å². The van der Waals surface area contributed by atoms with E-state index in [4.69, 9.17) is 4.11 Å². The van der Waals surface area contributed by atoms with Crippen LogP contribution in [0.2, 0.25) is 0 Å². The molecule has 2 aliphatic heterocycles. The van der Waals surface area contributed by atoms with Crippen LogP contribution in [0.5, 0.6) is 0 Å². The number of benzene rings is 7. The summed E-state index contributed by atoms with van der Waals surface area (Å²) in [5, 5.41) is 0. The molecular weight excluding hydrogens is 723 g/mol. The molecule has 0 fully saturated rings. The second-order valence-corrected chi connectivity index (χ2v) is 20.7. The molecule has 0 unspecified atom stereocenters. The minimum atomic E-state index is -2.35. The standard InChI is InChI=1S/C57H55BN2/c1-36-28-51-53-52(29-36)60(42-25-26-43-44(31-42)55(4,5)34-54(43,2)3)50-33-46-45(56(6,7)35-57(46,8)9)32-48(50)58(53)47-30-40(38-18-14-11-15-19-38)22-27-49(47)59(51)41-23-20-39(21-24-41)37-16-12-10-13-17-37/h10-33H,34-35H2,1-9H3/i1D3. The summed E-state index contributed by atoms with van der Waals surface area (Å²) >= 11 is 0. The molecule has 7 aromatic carbocycles. The Bertz CT molecular complexity index is 3000. The summed E-state index contributed by atoms with van der Waals surface area (Å²) in [5.41, 5.74) is 20.2. The molecular formula is C57H55BN2. The summed E-state index contributed by atoms with van der Waals surface area (Å²) in [6.45, 7) is 16.6. The fourth-order valence-electron chi connectivity index (χ4n) is 12.4. The van der Waals surface area contributed by atoms with Gasteiger partial charge in [0.25, 0.3) is 6.71 Å². The Morgan fingerprint density at radius 1 is 0.417 bits per heavy atom. The Morgan fingerprint density at radius 2 is 0.900 bits per heavy atom. The maximum absolute atomic E-state index is 9.00. The molecule has 4 aliphatic rings. The molecule has 0 saturated heterocycles. The first kappa shape index (κ1) is 34.0. The fraction of sp³-hybridized carbons (Fsp3) is 0.263. The van der Waals surface area contributed by atoms with Gasteiger partial charge < -0.3 is 9.80 Å². The van der Waals surface area contributed by atoms with Crippen LogP contribution in [0.3, 0.4) is 0 Å². The zero-order valence-corrected chi connectivity index (χ0v) is 36.2. The summed E-state index contributed by atoms with van der Waals surface area (Å²) in [4.78, 5) is 4.77. The zero-order valence-electron chi connectivity index (χ0n) is 39.2. The molecule has 60 heavy (non-hydrogen) atoms. The number of nitrogens with zero attached hydrogens (tertiary/aromatic N) is 2. The van der Waals surface area contributed by atoms with Crippen LogP contribution in [0, 0.1) is 6.85 Å². The summed E-state index contributed by atoms with van der Waals surface area (Å²) in [6, 6.07) is 52.9. The van der Waals surface area contributed by atoms with E-state index >= 15 is 0 Å². The predicted molar refractivity (Wildman–Crippen MR) is 257 cm³/mol. The maximum atomic E-state index is 9.00. The van der Waals surface area contributed by atoms with Gasteiger partial charge in [0.05, 0.1) is 0 Å². The van der Waals surface area contributed by atoms with Gasteiger partial charge in [-0.15, -0.1) is 0 Å². The molecule has 11 rings (SSSR count). The van der Waals surface area contributed by atoms with Gasteiger partial charge >= 0.3 is 0 Å². The Hall–Kier alpha value is -5.80. The van der Waals surface area contributed by atoms with Crippen molar-refractivity contribution in [2.45, 2.75) is 96.7 Å². The van der Waals surface area contributed by atoms with E-state index in [2.05, 4.69) is 193 Å². The van der Waals surface area contributed by atoms with Crippen molar-refractivity contribution in [3.05, 3.63) is 173 Å². The minimum absolute atomic E-state index is 0.0185. The lowest BCUT2D eigenvalue weighted by molar-refractivity contribution is 0.403. The van der Waals surface area contributed by atoms with Crippen molar-refractivity contribution in [2.75, 3.05) is 9.80 Å². The van der Waals surface area contributed by atoms with Gasteiger partial charge in [0.15, 0.2) is 0 Å². The van der Waals surface area contributed by atoms with E-state index < -0.39 is 6.85 Å². The van der Waals surface area contributed by atoms with E-state index in [0.29, 0.717) is 5.56 Å². The van der Waals surface area contributed by atoms with Gasteiger partial charge in [0, 0.05) is 38.2 Å². The molecule has 0 amide bonds. The van der Waals surface area contributed by atoms with E-state index in [1.807, 2.05) is 18.2 Å². The highest BCUT2D eigenvalue weighted by Gasteiger charge is 2.49. The molecule has 0 atom stereocenters. The van der Waals surface area contributed by atoms with Crippen LogP contribution in [-0.2, 0) is 21.7 Å². The second kappa shape index (κ2) is 12.6. The van der Waals surface area contributed by atoms with Crippen LogP contribution in [0.15, 0.2) is 146 Å². The van der Waals surface area contributed by atoms with Crippen molar-refractivity contribution in [2.24, 2.45) is 0 Å². The highest BCUT2D eigenvalue weighted by Crippen LogP contribution is 2.55. The minimum Gasteiger partial charge on any atom is -0.311 e. The lowest BCUT2D eigenvalue weighted by Crippen LogP contribution is -2.61. The summed E-state index contributed by atoms with van der Waals surface area (Å²) in [7, 11) is 0. The van der Waals surface area contributed by atoms with Crippen LogP contribution >= 0.6 is 0 Å².